The fourth-order valence-corrected chi connectivity index (χ4v) is 3.82. The first-order chi connectivity index (χ1) is 9.65. The van der Waals surface area contributed by atoms with Crippen LogP contribution in [0.25, 0.3) is 0 Å². The molecule has 0 aromatic carbocycles. The van der Waals surface area contributed by atoms with Crippen LogP contribution in [-0.2, 0) is 6.42 Å². The number of nitrogens with one attached hydrogen (secondary N) is 1. The molecule has 110 valence electrons. The van der Waals surface area contributed by atoms with Gasteiger partial charge in [0.1, 0.15) is 5.69 Å². The molecule has 1 N–H and O–H groups in total. The van der Waals surface area contributed by atoms with E-state index in [1.54, 1.807) is 0 Å². The number of hydrogen-bond donors (Lipinski definition) is 1. The van der Waals surface area contributed by atoms with Crippen molar-refractivity contribution in [2.24, 2.45) is 11.8 Å². The summed E-state index contributed by atoms with van der Waals surface area (Å²) in [6.45, 7) is 5.27. The van der Waals surface area contributed by atoms with Crippen LogP contribution >= 0.6 is 0 Å². The molecule has 3 rings (SSSR count). The Bertz CT molecular complexity index is 480. The van der Waals surface area contributed by atoms with E-state index < -0.39 is 0 Å². The number of rotatable bonds is 3. The van der Waals surface area contributed by atoms with Gasteiger partial charge in [-0.05, 0) is 43.6 Å². The zero-order valence-corrected chi connectivity index (χ0v) is 12.6. The molecule has 0 radical (unpaired) electrons. The van der Waals surface area contributed by atoms with E-state index in [2.05, 4.69) is 28.9 Å². The number of carbonyl (C=O) groups is 1. The molecule has 2 atom stereocenters. The van der Waals surface area contributed by atoms with Crippen molar-refractivity contribution in [3.8, 4) is 0 Å². The van der Waals surface area contributed by atoms with Gasteiger partial charge in [-0.1, -0.05) is 26.7 Å². The molecule has 4 heteroatoms. The Morgan fingerprint density at radius 3 is 3.00 bits per heavy atom. The summed E-state index contributed by atoms with van der Waals surface area (Å²) in [4.78, 5) is 14.7. The number of aromatic amines is 1. The molecule has 1 amide bonds. The van der Waals surface area contributed by atoms with Crippen LogP contribution in [0.4, 0.5) is 0 Å². The van der Waals surface area contributed by atoms with Crippen LogP contribution in [0.1, 0.15) is 62.1 Å². The van der Waals surface area contributed by atoms with Crippen LogP contribution in [-0.4, -0.2) is 33.6 Å². The highest BCUT2D eigenvalue weighted by molar-refractivity contribution is 5.92. The molecule has 1 aromatic heterocycles. The molecular formula is C16H25N3O. The average Bonchev–Trinajstić information content (AvgIpc) is 3.03. The van der Waals surface area contributed by atoms with Gasteiger partial charge in [-0.3, -0.25) is 9.89 Å². The molecule has 0 bridgehead atoms. The summed E-state index contributed by atoms with van der Waals surface area (Å²) >= 11 is 0. The summed E-state index contributed by atoms with van der Waals surface area (Å²) < 4.78 is 0. The molecule has 2 heterocycles. The lowest BCUT2D eigenvalue weighted by Gasteiger charge is -2.31. The van der Waals surface area contributed by atoms with Gasteiger partial charge in [0.15, 0.2) is 0 Å². The number of hydrogen-bond acceptors (Lipinski definition) is 2. The minimum atomic E-state index is 0.130. The second kappa shape index (κ2) is 5.58. The summed E-state index contributed by atoms with van der Waals surface area (Å²) in [6.07, 6.45) is 7.22. The fraction of sp³-hybridized carbons (Fsp3) is 0.750. The molecule has 0 spiro atoms. The molecule has 20 heavy (non-hydrogen) atoms. The molecule has 1 saturated carbocycles. The van der Waals surface area contributed by atoms with Crippen molar-refractivity contribution in [2.45, 2.75) is 58.4 Å². The molecule has 1 saturated heterocycles. The van der Waals surface area contributed by atoms with E-state index in [0.717, 1.165) is 24.6 Å². The SMILES string of the molecule is CC(C)Cc1cc(C(=O)N2CCC3CCCCC32)n[nH]1. The normalized spacial score (nSPS) is 26.1. The highest BCUT2D eigenvalue weighted by Crippen LogP contribution is 2.36. The number of aromatic nitrogens is 2. The maximum atomic E-state index is 12.6. The number of amides is 1. The third-order valence-corrected chi connectivity index (χ3v) is 4.75. The van der Waals surface area contributed by atoms with E-state index in [0.29, 0.717) is 17.7 Å². The lowest BCUT2D eigenvalue weighted by molar-refractivity contribution is 0.0684. The van der Waals surface area contributed by atoms with E-state index in [1.165, 1.54) is 32.1 Å². The molecule has 2 unspecified atom stereocenters. The van der Waals surface area contributed by atoms with Gasteiger partial charge in [0, 0.05) is 18.3 Å². The summed E-state index contributed by atoms with van der Waals surface area (Å²) in [5.74, 6) is 1.44. The van der Waals surface area contributed by atoms with Gasteiger partial charge in [0.25, 0.3) is 5.91 Å². The monoisotopic (exact) mass is 275 g/mol. The Balaban J connectivity index is 1.70. The Labute approximate surface area is 120 Å². The predicted molar refractivity (Wildman–Crippen MR) is 78.5 cm³/mol. The number of H-pyrrole nitrogens is 1. The molecule has 1 aromatic rings. The number of fused-ring (bicyclic) bond motifs is 1. The van der Waals surface area contributed by atoms with E-state index in [9.17, 15) is 4.79 Å². The van der Waals surface area contributed by atoms with Gasteiger partial charge >= 0.3 is 0 Å². The third kappa shape index (κ3) is 2.60. The largest absolute Gasteiger partial charge is 0.334 e. The molecular weight excluding hydrogens is 250 g/mol. The Hall–Kier alpha value is -1.32. The van der Waals surface area contributed by atoms with Gasteiger partial charge in [0.05, 0.1) is 0 Å². The minimum absolute atomic E-state index is 0.130. The van der Waals surface area contributed by atoms with Gasteiger partial charge in [0.2, 0.25) is 0 Å². The Morgan fingerprint density at radius 1 is 1.40 bits per heavy atom. The van der Waals surface area contributed by atoms with Crippen molar-refractivity contribution in [1.82, 2.24) is 15.1 Å². The third-order valence-electron chi connectivity index (χ3n) is 4.75. The first kappa shape index (κ1) is 13.7. The Kier molecular flexibility index (Phi) is 3.81. The van der Waals surface area contributed by atoms with E-state index in [4.69, 9.17) is 0 Å². The summed E-state index contributed by atoms with van der Waals surface area (Å²) in [6, 6.07) is 2.42. The summed E-state index contributed by atoms with van der Waals surface area (Å²) in [7, 11) is 0. The maximum absolute atomic E-state index is 12.6. The van der Waals surface area contributed by atoms with Crippen molar-refractivity contribution < 1.29 is 4.79 Å². The molecule has 1 aliphatic carbocycles. The van der Waals surface area contributed by atoms with E-state index in [-0.39, 0.29) is 5.91 Å². The van der Waals surface area contributed by atoms with Gasteiger partial charge in [-0.2, -0.15) is 5.10 Å². The highest BCUT2D eigenvalue weighted by atomic mass is 16.2. The second-order valence-corrected chi connectivity index (χ2v) is 6.78. The lowest BCUT2D eigenvalue weighted by Crippen LogP contribution is -2.39. The highest BCUT2D eigenvalue weighted by Gasteiger charge is 2.38. The van der Waals surface area contributed by atoms with E-state index >= 15 is 0 Å². The van der Waals surface area contributed by atoms with E-state index in [1.807, 2.05) is 6.07 Å². The zero-order chi connectivity index (χ0) is 14.1. The first-order valence-corrected chi connectivity index (χ1v) is 8.00. The summed E-state index contributed by atoms with van der Waals surface area (Å²) in [5, 5.41) is 7.25. The van der Waals surface area contributed by atoms with Crippen molar-refractivity contribution in [3.63, 3.8) is 0 Å². The van der Waals surface area contributed by atoms with Crippen LogP contribution in [0.15, 0.2) is 6.07 Å². The standard InChI is InChI=1S/C16H25N3O/c1-11(2)9-13-10-14(18-17-13)16(20)19-8-7-12-5-3-4-6-15(12)19/h10-12,15H,3-9H2,1-2H3,(H,17,18). The second-order valence-electron chi connectivity index (χ2n) is 6.78. The van der Waals surface area contributed by atoms with Gasteiger partial charge in [-0.15, -0.1) is 0 Å². The Morgan fingerprint density at radius 2 is 2.20 bits per heavy atom. The van der Waals surface area contributed by atoms with Gasteiger partial charge in [-0.25, -0.2) is 0 Å². The van der Waals surface area contributed by atoms with Crippen molar-refractivity contribution in [1.29, 1.82) is 0 Å². The fourth-order valence-electron chi connectivity index (χ4n) is 3.82. The lowest BCUT2D eigenvalue weighted by atomic mass is 9.85. The van der Waals surface area contributed by atoms with Crippen LogP contribution < -0.4 is 0 Å². The number of nitrogens with zero attached hydrogens (tertiary/aromatic N) is 2. The summed E-state index contributed by atoms with van der Waals surface area (Å²) in [5.41, 5.74) is 1.68. The van der Waals surface area contributed by atoms with Gasteiger partial charge < -0.3 is 4.90 Å². The molecule has 2 fully saturated rings. The number of carbonyl (C=O) groups excluding carboxylic acids is 1. The molecule has 4 nitrogen and oxygen atoms in total. The van der Waals surface area contributed by atoms with Crippen molar-refractivity contribution >= 4 is 5.91 Å². The van der Waals surface area contributed by atoms with Crippen LogP contribution in [0.3, 0.4) is 0 Å². The van der Waals surface area contributed by atoms with Crippen LogP contribution in [0, 0.1) is 11.8 Å². The van der Waals surface area contributed by atoms with Crippen LogP contribution in [0.2, 0.25) is 0 Å². The minimum Gasteiger partial charge on any atom is -0.334 e. The smallest absolute Gasteiger partial charge is 0.274 e. The number of likely N-dealkylation sites (tertiary alicyclic amines) is 1. The first-order valence-electron chi connectivity index (χ1n) is 8.00. The zero-order valence-electron chi connectivity index (χ0n) is 12.6. The van der Waals surface area contributed by atoms with Crippen molar-refractivity contribution in [2.75, 3.05) is 6.54 Å². The topological polar surface area (TPSA) is 49.0 Å². The maximum Gasteiger partial charge on any atom is 0.274 e. The quantitative estimate of drug-likeness (QED) is 0.922. The average molecular weight is 275 g/mol. The van der Waals surface area contributed by atoms with Crippen molar-refractivity contribution in [3.05, 3.63) is 17.5 Å². The van der Waals surface area contributed by atoms with Crippen LogP contribution in [0.5, 0.6) is 0 Å². The predicted octanol–water partition coefficient (Wildman–Crippen LogP) is 3.01. The molecule has 2 aliphatic rings. The molecule has 1 aliphatic heterocycles.